The number of ether oxygens (including phenoxy) is 2. The summed E-state index contributed by atoms with van der Waals surface area (Å²) in [6.45, 7) is 5.47. The molecule has 1 heterocycles. The van der Waals surface area contributed by atoms with E-state index in [0.29, 0.717) is 5.75 Å². The molecule has 1 aromatic heterocycles. The van der Waals surface area contributed by atoms with E-state index in [1.807, 2.05) is 45.0 Å². The van der Waals surface area contributed by atoms with Crippen molar-refractivity contribution in [2.45, 2.75) is 25.7 Å². The van der Waals surface area contributed by atoms with Gasteiger partial charge in [-0.15, -0.1) is 0 Å². The maximum absolute atomic E-state index is 13.7. The number of carbonyl (C=O) groups is 1. The van der Waals surface area contributed by atoms with Crippen LogP contribution >= 0.6 is 0 Å². The number of aryl methyl sites for hydroxylation is 2. The molecule has 0 bridgehead atoms. The summed E-state index contributed by atoms with van der Waals surface area (Å²) in [5, 5.41) is 4.13. The van der Waals surface area contributed by atoms with E-state index in [2.05, 4.69) is 21.2 Å². The molecule has 0 unspecified atom stereocenters. The first kappa shape index (κ1) is 28.4. The second kappa shape index (κ2) is 12.1. The molecular formula is C30H32N4O5S. The van der Waals surface area contributed by atoms with Crippen molar-refractivity contribution in [3.8, 4) is 17.2 Å². The maximum atomic E-state index is 13.7. The standard InChI is InChI=1S/C30H32N4O5S/c1-21-10-9-11-25(16-21)34-22(2)17-24(23(34)3)19-31-32-30(35)20-33(40(36,37)27-12-7-6-8-13-27)28-18-26(38-4)14-15-29(28)39-5/h6-19H,20H2,1-5H3,(H,32,35)/b31-19-. The first-order valence-electron chi connectivity index (χ1n) is 12.5. The van der Waals surface area contributed by atoms with Crippen LogP contribution in [0.25, 0.3) is 5.69 Å². The Balaban J connectivity index is 1.61. The molecule has 0 spiro atoms. The lowest BCUT2D eigenvalue weighted by Gasteiger charge is -2.25. The molecule has 0 aliphatic rings. The third-order valence-electron chi connectivity index (χ3n) is 6.40. The number of carbonyl (C=O) groups excluding carboxylic acids is 1. The summed E-state index contributed by atoms with van der Waals surface area (Å²) in [7, 11) is -1.25. The minimum Gasteiger partial charge on any atom is -0.497 e. The van der Waals surface area contributed by atoms with E-state index < -0.39 is 22.5 Å². The highest BCUT2D eigenvalue weighted by atomic mass is 32.2. The number of hydrogen-bond donors (Lipinski definition) is 1. The number of rotatable bonds is 10. The van der Waals surface area contributed by atoms with E-state index in [-0.39, 0.29) is 16.3 Å². The van der Waals surface area contributed by atoms with Gasteiger partial charge >= 0.3 is 0 Å². The number of sulfonamides is 1. The Hall–Kier alpha value is -4.57. The minimum atomic E-state index is -4.15. The van der Waals surface area contributed by atoms with Gasteiger partial charge in [0.15, 0.2) is 0 Å². The van der Waals surface area contributed by atoms with Crippen LogP contribution in [0.2, 0.25) is 0 Å². The van der Waals surface area contributed by atoms with Gasteiger partial charge in [-0.1, -0.05) is 30.3 Å². The van der Waals surface area contributed by atoms with Gasteiger partial charge in [-0.05, 0) is 68.8 Å². The number of methoxy groups -OCH3 is 2. The molecular weight excluding hydrogens is 528 g/mol. The summed E-state index contributed by atoms with van der Waals surface area (Å²) in [6.07, 6.45) is 1.55. The van der Waals surface area contributed by atoms with E-state index >= 15 is 0 Å². The van der Waals surface area contributed by atoms with Crippen LogP contribution in [-0.4, -0.2) is 45.9 Å². The Bertz CT molecular complexity index is 1650. The minimum absolute atomic E-state index is 0.0276. The largest absolute Gasteiger partial charge is 0.497 e. The van der Waals surface area contributed by atoms with E-state index in [0.717, 1.165) is 32.5 Å². The SMILES string of the molecule is COc1ccc(OC)c(N(CC(=O)N/N=C\c2cc(C)n(-c3cccc(C)c3)c2C)S(=O)(=O)c2ccccc2)c1. The third kappa shape index (κ3) is 6.02. The van der Waals surface area contributed by atoms with Crippen LogP contribution in [0.5, 0.6) is 11.5 Å². The molecule has 3 aromatic carbocycles. The van der Waals surface area contributed by atoms with Crippen molar-refractivity contribution < 1.29 is 22.7 Å². The van der Waals surface area contributed by atoms with Crippen molar-refractivity contribution >= 4 is 27.8 Å². The average Bonchev–Trinajstić information content (AvgIpc) is 3.24. The number of amides is 1. The van der Waals surface area contributed by atoms with Crippen LogP contribution in [0.4, 0.5) is 5.69 Å². The summed E-state index contributed by atoms with van der Waals surface area (Å²) in [5.41, 5.74) is 7.60. The Morgan fingerprint density at radius 1 is 0.950 bits per heavy atom. The molecule has 10 heteroatoms. The van der Waals surface area contributed by atoms with E-state index in [1.54, 1.807) is 36.5 Å². The predicted molar refractivity (Wildman–Crippen MR) is 156 cm³/mol. The van der Waals surface area contributed by atoms with Crippen LogP contribution in [0.15, 0.2) is 88.9 Å². The number of benzene rings is 3. The average molecular weight is 561 g/mol. The molecule has 208 valence electrons. The molecule has 0 radical (unpaired) electrons. The Morgan fingerprint density at radius 2 is 1.70 bits per heavy atom. The van der Waals surface area contributed by atoms with Gasteiger partial charge in [-0.2, -0.15) is 5.10 Å². The number of hydrogen-bond acceptors (Lipinski definition) is 6. The predicted octanol–water partition coefficient (Wildman–Crippen LogP) is 4.77. The molecule has 0 atom stereocenters. The fraction of sp³-hybridized carbons (Fsp3) is 0.200. The fourth-order valence-electron chi connectivity index (χ4n) is 4.43. The summed E-state index contributed by atoms with van der Waals surface area (Å²) in [6, 6.07) is 22.8. The summed E-state index contributed by atoms with van der Waals surface area (Å²) < 4.78 is 41.2. The Morgan fingerprint density at radius 3 is 2.38 bits per heavy atom. The molecule has 0 aliphatic carbocycles. The first-order valence-corrected chi connectivity index (χ1v) is 14.0. The highest BCUT2D eigenvalue weighted by Crippen LogP contribution is 2.35. The lowest BCUT2D eigenvalue weighted by Crippen LogP contribution is -2.39. The molecule has 0 saturated carbocycles. The van der Waals surface area contributed by atoms with Gasteiger partial charge in [0.25, 0.3) is 15.9 Å². The van der Waals surface area contributed by atoms with Crippen LogP contribution in [-0.2, 0) is 14.8 Å². The van der Waals surface area contributed by atoms with Gasteiger partial charge in [0, 0.05) is 28.7 Å². The van der Waals surface area contributed by atoms with Crippen molar-refractivity contribution in [2.24, 2.45) is 5.10 Å². The van der Waals surface area contributed by atoms with Gasteiger partial charge in [0.2, 0.25) is 0 Å². The second-order valence-electron chi connectivity index (χ2n) is 9.16. The smallest absolute Gasteiger partial charge is 0.264 e. The molecule has 40 heavy (non-hydrogen) atoms. The number of anilines is 1. The lowest BCUT2D eigenvalue weighted by atomic mass is 10.2. The number of hydrazone groups is 1. The molecule has 0 fully saturated rings. The highest BCUT2D eigenvalue weighted by Gasteiger charge is 2.30. The Kier molecular flexibility index (Phi) is 8.59. The van der Waals surface area contributed by atoms with Crippen LogP contribution in [0.1, 0.15) is 22.5 Å². The number of nitrogens with zero attached hydrogens (tertiary/aromatic N) is 3. The third-order valence-corrected chi connectivity index (χ3v) is 8.17. The van der Waals surface area contributed by atoms with E-state index in [1.165, 1.54) is 32.4 Å². The monoisotopic (exact) mass is 560 g/mol. The molecule has 1 amide bonds. The molecule has 0 saturated heterocycles. The zero-order chi connectivity index (χ0) is 28.9. The lowest BCUT2D eigenvalue weighted by molar-refractivity contribution is -0.119. The highest BCUT2D eigenvalue weighted by molar-refractivity contribution is 7.92. The Labute approximate surface area is 234 Å². The molecule has 1 N–H and O–H groups in total. The van der Waals surface area contributed by atoms with Crippen molar-refractivity contribution in [3.63, 3.8) is 0 Å². The number of nitrogens with one attached hydrogen (secondary N) is 1. The van der Waals surface area contributed by atoms with Crippen molar-refractivity contribution in [1.29, 1.82) is 0 Å². The van der Waals surface area contributed by atoms with Crippen LogP contribution in [0, 0.1) is 20.8 Å². The molecule has 9 nitrogen and oxygen atoms in total. The van der Waals surface area contributed by atoms with Crippen molar-refractivity contribution in [3.05, 3.63) is 101 Å². The molecule has 4 rings (SSSR count). The van der Waals surface area contributed by atoms with Gasteiger partial charge in [-0.3, -0.25) is 9.10 Å². The molecule has 0 aliphatic heterocycles. The van der Waals surface area contributed by atoms with Crippen LogP contribution in [0.3, 0.4) is 0 Å². The van der Waals surface area contributed by atoms with Gasteiger partial charge < -0.3 is 14.0 Å². The van der Waals surface area contributed by atoms with Crippen LogP contribution < -0.4 is 19.2 Å². The maximum Gasteiger partial charge on any atom is 0.264 e. The second-order valence-corrected chi connectivity index (χ2v) is 11.0. The van der Waals surface area contributed by atoms with Gasteiger partial charge in [0.05, 0.1) is 31.0 Å². The topological polar surface area (TPSA) is 102 Å². The normalized spacial score (nSPS) is 11.4. The van der Waals surface area contributed by atoms with E-state index in [4.69, 9.17) is 9.47 Å². The molecule has 4 aromatic rings. The summed E-state index contributed by atoms with van der Waals surface area (Å²) >= 11 is 0. The fourth-order valence-corrected chi connectivity index (χ4v) is 5.88. The number of aromatic nitrogens is 1. The van der Waals surface area contributed by atoms with Gasteiger partial charge in [-0.25, -0.2) is 13.8 Å². The summed E-state index contributed by atoms with van der Waals surface area (Å²) in [4.78, 5) is 13.1. The first-order chi connectivity index (χ1) is 19.1. The zero-order valence-corrected chi connectivity index (χ0v) is 23.9. The van der Waals surface area contributed by atoms with E-state index in [9.17, 15) is 13.2 Å². The quantitative estimate of drug-likeness (QED) is 0.223. The van der Waals surface area contributed by atoms with Crippen molar-refractivity contribution in [2.75, 3.05) is 25.1 Å². The zero-order valence-electron chi connectivity index (χ0n) is 23.1. The van der Waals surface area contributed by atoms with Crippen molar-refractivity contribution in [1.82, 2.24) is 9.99 Å². The van der Waals surface area contributed by atoms with Gasteiger partial charge in [0.1, 0.15) is 18.0 Å². The summed E-state index contributed by atoms with van der Waals surface area (Å²) in [5.74, 6) is 0.0415.